The summed E-state index contributed by atoms with van der Waals surface area (Å²) < 4.78 is 54.2. The molecule has 1 unspecified atom stereocenters. The van der Waals surface area contributed by atoms with Crippen molar-refractivity contribution < 1.29 is 32.2 Å². The molecule has 2 rings (SSSR count). The topological polar surface area (TPSA) is 44.8 Å². The van der Waals surface area contributed by atoms with Gasteiger partial charge in [-0.25, -0.2) is 4.79 Å². The molecule has 0 spiro atoms. The molecule has 1 heterocycles. The molecule has 0 saturated carbocycles. The molecule has 1 aromatic carbocycles. The van der Waals surface area contributed by atoms with Gasteiger partial charge >= 0.3 is 12.1 Å². The number of rotatable bonds is 5. The predicted octanol–water partition coefficient (Wildman–Crippen LogP) is 4.45. The molecule has 1 saturated heterocycles. The molecule has 0 bridgehead atoms. The van der Waals surface area contributed by atoms with Crippen LogP contribution in [0.2, 0.25) is 0 Å². The Hall–Kier alpha value is -1.25. The molecule has 1 fully saturated rings. The van der Waals surface area contributed by atoms with Gasteiger partial charge in [-0.3, -0.25) is 0 Å². The average molecular weight is 378 g/mol. The second-order valence-electron chi connectivity index (χ2n) is 6.25. The molecule has 1 aliphatic heterocycles. The van der Waals surface area contributed by atoms with Gasteiger partial charge in [0.25, 0.3) is 0 Å². The number of aryl methyl sites for hydroxylation is 1. The number of carbonyl (C=O) groups excluding carboxylic acids is 1. The van der Waals surface area contributed by atoms with Gasteiger partial charge in [0.05, 0.1) is 6.10 Å². The van der Waals surface area contributed by atoms with Crippen molar-refractivity contribution in [1.29, 1.82) is 0 Å². The zero-order valence-corrected chi connectivity index (χ0v) is 15.2. The summed E-state index contributed by atoms with van der Waals surface area (Å²) in [5.41, 5.74) is -0.162. The molecule has 1 aromatic rings. The summed E-state index contributed by atoms with van der Waals surface area (Å²) >= 11 is 1.01. The summed E-state index contributed by atoms with van der Waals surface area (Å²) in [4.78, 5) is 12.1. The van der Waals surface area contributed by atoms with Crippen LogP contribution in [0.5, 0.6) is 0 Å². The third-order valence-corrected chi connectivity index (χ3v) is 4.76. The normalized spacial score (nSPS) is 24.1. The summed E-state index contributed by atoms with van der Waals surface area (Å²) in [5, 5.41) is 0. The van der Waals surface area contributed by atoms with Crippen LogP contribution in [-0.4, -0.2) is 35.6 Å². The van der Waals surface area contributed by atoms with E-state index in [2.05, 4.69) is 0 Å². The predicted molar refractivity (Wildman–Crippen MR) is 87.1 cm³/mol. The minimum atomic E-state index is -5.07. The van der Waals surface area contributed by atoms with Crippen LogP contribution in [-0.2, 0) is 19.0 Å². The molecule has 3 atom stereocenters. The van der Waals surface area contributed by atoms with Crippen LogP contribution in [0.25, 0.3) is 0 Å². The lowest BCUT2D eigenvalue weighted by Gasteiger charge is -2.26. The highest BCUT2D eigenvalue weighted by Gasteiger charge is 2.49. The first-order valence-corrected chi connectivity index (χ1v) is 8.76. The van der Waals surface area contributed by atoms with Crippen molar-refractivity contribution in [2.45, 2.75) is 68.6 Å². The summed E-state index contributed by atoms with van der Waals surface area (Å²) in [6, 6.07) is 7.18. The maximum Gasteiger partial charge on any atom is 0.490 e. The Bertz CT molecular complexity index is 601. The highest BCUT2D eigenvalue weighted by atomic mass is 32.2. The van der Waals surface area contributed by atoms with Crippen molar-refractivity contribution in [2.24, 2.45) is 0 Å². The molecule has 4 nitrogen and oxygen atoms in total. The summed E-state index contributed by atoms with van der Waals surface area (Å²) in [7, 11) is 0. The second-order valence-corrected chi connectivity index (χ2v) is 7.42. The lowest BCUT2D eigenvalue weighted by Crippen LogP contribution is -2.39. The maximum absolute atomic E-state index is 12.7. The monoisotopic (exact) mass is 378 g/mol. The van der Waals surface area contributed by atoms with Gasteiger partial charge < -0.3 is 14.2 Å². The third-order valence-electron chi connectivity index (χ3n) is 3.62. The average Bonchev–Trinajstić information content (AvgIpc) is 2.82. The standard InChI is InChI=1S/C17H21F3O4S/c1-5-12-13(24-16(3,4)23-12)14(22-15(21)17(18,19)20)25-11-8-6-10(2)7-9-11/h6-9,12-14H,5H2,1-4H3/t12-,13+,14?/m1/s1. The van der Waals surface area contributed by atoms with Crippen LogP contribution in [0.3, 0.4) is 0 Å². The quantitative estimate of drug-likeness (QED) is 0.430. The van der Waals surface area contributed by atoms with Crippen LogP contribution in [0.1, 0.15) is 32.8 Å². The van der Waals surface area contributed by atoms with Crippen LogP contribution >= 0.6 is 11.8 Å². The van der Waals surface area contributed by atoms with E-state index in [4.69, 9.17) is 14.2 Å². The van der Waals surface area contributed by atoms with Crippen molar-refractivity contribution in [2.75, 3.05) is 0 Å². The van der Waals surface area contributed by atoms with Gasteiger partial charge in [-0.05, 0) is 39.3 Å². The largest absolute Gasteiger partial charge is 0.490 e. The van der Waals surface area contributed by atoms with E-state index in [1.54, 1.807) is 26.0 Å². The van der Waals surface area contributed by atoms with Gasteiger partial charge in [-0.1, -0.05) is 36.4 Å². The number of benzene rings is 1. The van der Waals surface area contributed by atoms with Crippen LogP contribution in [0, 0.1) is 6.92 Å². The number of alkyl halides is 3. The number of carbonyl (C=O) groups is 1. The molecule has 25 heavy (non-hydrogen) atoms. The second kappa shape index (κ2) is 7.55. The SMILES string of the molecule is CC[C@H]1OC(C)(C)O[C@@H]1C(OC(=O)C(F)(F)F)Sc1ccc(C)cc1. The van der Waals surface area contributed by atoms with Crippen molar-refractivity contribution in [3.63, 3.8) is 0 Å². The molecule has 0 radical (unpaired) electrons. The molecule has 0 aliphatic carbocycles. The fourth-order valence-electron chi connectivity index (χ4n) is 2.49. The number of ether oxygens (including phenoxy) is 3. The molecule has 140 valence electrons. The van der Waals surface area contributed by atoms with Gasteiger partial charge in [0.15, 0.2) is 11.2 Å². The Balaban J connectivity index is 2.24. The maximum atomic E-state index is 12.7. The first-order chi connectivity index (χ1) is 11.5. The fraction of sp³-hybridized carbons (Fsp3) is 0.588. The minimum Gasteiger partial charge on any atom is -0.441 e. The van der Waals surface area contributed by atoms with Crippen molar-refractivity contribution in [3.8, 4) is 0 Å². The van der Waals surface area contributed by atoms with Crippen molar-refractivity contribution in [3.05, 3.63) is 29.8 Å². The molecule has 0 N–H and O–H groups in total. The van der Waals surface area contributed by atoms with Crippen molar-refractivity contribution >= 4 is 17.7 Å². The van der Waals surface area contributed by atoms with Gasteiger partial charge in [0.1, 0.15) is 6.10 Å². The van der Waals surface area contributed by atoms with E-state index in [-0.39, 0.29) is 0 Å². The lowest BCUT2D eigenvalue weighted by molar-refractivity contribution is -0.206. The van der Waals surface area contributed by atoms with Gasteiger partial charge in [-0.15, -0.1) is 0 Å². The molecular formula is C17H21F3O4S. The number of halogens is 3. The minimum absolute atomic E-state index is 0.473. The summed E-state index contributed by atoms with van der Waals surface area (Å²) in [5.74, 6) is -3.19. The van der Waals surface area contributed by atoms with Crippen LogP contribution < -0.4 is 0 Å². The van der Waals surface area contributed by atoms with E-state index < -0.39 is 35.6 Å². The van der Waals surface area contributed by atoms with Gasteiger partial charge in [-0.2, -0.15) is 13.2 Å². The van der Waals surface area contributed by atoms with Gasteiger partial charge in [0.2, 0.25) is 0 Å². The number of thioether (sulfide) groups is 1. The Morgan fingerprint density at radius 2 is 1.88 bits per heavy atom. The Morgan fingerprint density at radius 1 is 1.28 bits per heavy atom. The third kappa shape index (κ3) is 5.36. The Kier molecular flexibility index (Phi) is 6.06. The molecule has 8 heteroatoms. The van der Waals surface area contributed by atoms with Crippen molar-refractivity contribution in [1.82, 2.24) is 0 Å². The van der Waals surface area contributed by atoms with E-state index in [9.17, 15) is 18.0 Å². The highest BCUT2D eigenvalue weighted by molar-refractivity contribution is 7.99. The molecule has 0 amide bonds. The lowest BCUT2D eigenvalue weighted by atomic mass is 10.2. The van der Waals surface area contributed by atoms with Gasteiger partial charge in [0, 0.05) is 4.90 Å². The smallest absolute Gasteiger partial charge is 0.441 e. The van der Waals surface area contributed by atoms with E-state index >= 15 is 0 Å². The molecular weight excluding hydrogens is 357 g/mol. The van der Waals surface area contributed by atoms with Crippen LogP contribution in [0.15, 0.2) is 29.2 Å². The molecule has 0 aromatic heterocycles. The number of esters is 1. The Morgan fingerprint density at radius 3 is 2.40 bits per heavy atom. The first kappa shape index (κ1) is 20.1. The summed E-state index contributed by atoms with van der Waals surface area (Å²) in [6.07, 6.45) is -5.83. The van der Waals surface area contributed by atoms with E-state index in [1.165, 1.54) is 0 Å². The summed E-state index contributed by atoms with van der Waals surface area (Å²) in [6.45, 7) is 7.09. The fourth-order valence-corrected chi connectivity index (χ4v) is 3.55. The van der Waals surface area contributed by atoms with E-state index in [0.29, 0.717) is 11.3 Å². The molecule has 1 aliphatic rings. The van der Waals surface area contributed by atoms with E-state index in [1.807, 2.05) is 26.0 Å². The van der Waals surface area contributed by atoms with E-state index in [0.717, 1.165) is 17.3 Å². The number of hydrogen-bond acceptors (Lipinski definition) is 5. The number of hydrogen-bond donors (Lipinski definition) is 0. The first-order valence-electron chi connectivity index (χ1n) is 7.88. The van der Waals surface area contributed by atoms with Crippen LogP contribution in [0.4, 0.5) is 13.2 Å². The Labute approximate surface area is 149 Å². The zero-order valence-electron chi connectivity index (χ0n) is 14.4. The highest BCUT2D eigenvalue weighted by Crippen LogP contribution is 2.39. The zero-order chi connectivity index (χ0) is 18.8.